The Morgan fingerprint density at radius 1 is 0.976 bits per heavy atom. The van der Waals surface area contributed by atoms with E-state index >= 15 is 0 Å². The number of hydrogen-bond donors (Lipinski definition) is 0. The Labute approximate surface area is 242 Å². The number of furan rings is 1. The van der Waals surface area contributed by atoms with Crippen molar-refractivity contribution in [1.29, 1.82) is 0 Å². The van der Waals surface area contributed by atoms with E-state index in [-0.39, 0.29) is 17.5 Å². The van der Waals surface area contributed by atoms with E-state index in [2.05, 4.69) is 106 Å². The van der Waals surface area contributed by atoms with E-state index < -0.39 is 0 Å². The molecule has 2 aliphatic rings. The Morgan fingerprint density at radius 3 is 2.46 bits per heavy atom. The van der Waals surface area contributed by atoms with E-state index in [1.807, 2.05) is 19.2 Å². The molecule has 1 saturated carbocycles. The lowest BCUT2D eigenvalue weighted by molar-refractivity contribution is 0.161. The van der Waals surface area contributed by atoms with Crippen LogP contribution >= 0.6 is 0 Å². The van der Waals surface area contributed by atoms with Gasteiger partial charge in [-0.05, 0) is 60.1 Å². The van der Waals surface area contributed by atoms with Crippen LogP contribution in [0.25, 0.3) is 39.0 Å². The van der Waals surface area contributed by atoms with Gasteiger partial charge >= 0.3 is 0 Å². The van der Waals surface area contributed by atoms with Gasteiger partial charge in [-0.2, -0.15) is 0 Å². The number of hydrogen-bond acceptors (Lipinski definition) is 4. The highest BCUT2D eigenvalue weighted by Crippen LogP contribution is 2.74. The smallest absolute Gasteiger partial charge is 0.227 e. The van der Waals surface area contributed by atoms with Crippen molar-refractivity contribution in [1.82, 2.24) is 14.9 Å². The lowest BCUT2D eigenvalue weighted by Gasteiger charge is -2.41. The molecule has 4 heteroatoms. The van der Waals surface area contributed by atoms with Gasteiger partial charge in [-0.3, -0.25) is 4.98 Å². The fourth-order valence-electron chi connectivity index (χ4n) is 7.64. The van der Waals surface area contributed by atoms with Gasteiger partial charge in [-0.25, -0.2) is 4.98 Å². The maximum absolute atomic E-state index is 6.57. The summed E-state index contributed by atoms with van der Waals surface area (Å²) in [5.74, 6) is 1.46. The molecule has 0 radical (unpaired) electrons. The van der Waals surface area contributed by atoms with Gasteiger partial charge in [0.2, 0.25) is 5.71 Å². The zero-order valence-electron chi connectivity index (χ0n) is 24.6. The molecule has 3 aromatic heterocycles. The van der Waals surface area contributed by atoms with Gasteiger partial charge in [-0.1, -0.05) is 82.8 Å². The number of fused-ring (bicyclic) bond motifs is 6. The molecule has 5 atom stereocenters. The first-order chi connectivity index (χ1) is 19.8. The maximum atomic E-state index is 6.57. The lowest BCUT2D eigenvalue weighted by atomic mass is 9.87. The van der Waals surface area contributed by atoms with Gasteiger partial charge in [0.15, 0.2) is 0 Å². The van der Waals surface area contributed by atoms with Crippen LogP contribution in [0.3, 0.4) is 0 Å². The average Bonchev–Trinajstić information content (AvgIpc) is 3.27. The fraction of sp³-hybridized carbons (Fsp3) is 0.297. The van der Waals surface area contributed by atoms with Crippen LogP contribution in [0.15, 0.2) is 96.6 Å². The minimum atomic E-state index is -0.268. The van der Waals surface area contributed by atoms with Crippen LogP contribution in [0.1, 0.15) is 56.0 Å². The Morgan fingerprint density at radius 2 is 1.73 bits per heavy atom. The molecule has 41 heavy (non-hydrogen) atoms. The first kappa shape index (κ1) is 25.8. The number of aryl methyl sites for hydroxylation is 1. The van der Waals surface area contributed by atoms with Crippen molar-refractivity contribution < 1.29 is 4.42 Å². The summed E-state index contributed by atoms with van der Waals surface area (Å²) in [5.41, 5.74) is 9.20. The summed E-state index contributed by atoms with van der Waals surface area (Å²) in [6, 6.07) is 23.8. The normalized spacial score (nSPS) is 23.0. The van der Waals surface area contributed by atoms with Crippen molar-refractivity contribution in [3.05, 3.63) is 115 Å². The second-order valence-electron chi connectivity index (χ2n) is 12.3. The first-order valence-electron chi connectivity index (χ1n) is 14.8. The molecule has 4 heterocycles. The third-order valence-corrected chi connectivity index (χ3v) is 9.98. The number of aromatic nitrogens is 2. The standard InChI is InChI=1S/C37H37N3O/c1-8-32(23(5)21(2)3)40-25(7)33-30(19-18-28-29-17-16-22(4)39-36(29)41-35(28)33)37(40)24(6)34(37)27-14-10-9-13-26(27)31-15-11-12-20-38-31/h8-21,23-24,32,34H,1,7H2,2-6H3/t23-,24?,32?,34?,37?/m1/s1. The molecule has 4 unspecified atom stereocenters. The molecule has 1 spiro atoms. The number of pyridine rings is 2. The highest BCUT2D eigenvalue weighted by Gasteiger charge is 2.72. The average molecular weight is 540 g/mol. The van der Waals surface area contributed by atoms with E-state index in [9.17, 15) is 0 Å². The molecule has 1 aliphatic heterocycles. The van der Waals surface area contributed by atoms with Gasteiger partial charge in [0, 0.05) is 45.4 Å². The quantitative estimate of drug-likeness (QED) is 0.202. The SMILES string of the molecule is C=CC([C@H](C)C(C)C)N1C(=C)c2c(ccc3c2oc2nc(C)ccc23)C12C(C)C2c1ccccc1-c1ccccn1. The van der Waals surface area contributed by atoms with Gasteiger partial charge in [0.1, 0.15) is 5.58 Å². The van der Waals surface area contributed by atoms with Crippen molar-refractivity contribution in [3.63, 3.8) is 0 Å². The van der Waals surface area contributed by atoms with Gasteiger partial charge in [0.05, 0.1) is 17.3 Å². The minimum Gasteiger partial charge on any atom is -0.437 e. The van der Waals surface area contributed by atoms with E-state index in [1.165, 1.54) is 16.7 Å². The number of rotatable bonds is 6. The van der Waals surface area contributed by atoms with E-state index in [0.717, 1.165) is 39.0 Å². The molecular formula is C37H37N3O. The third-order valence-electron chi connectivity index (χ3n) is 9.98. The molecule has 4 nitrogen and oxygen atoms in total. The molecule has 0 N–H and O–H groups in total. The fourth-order valence-corrected chi connectivity index (χ4v) is 7.64. The van der Waals surface area contributed by atoms with Crippen molar-refractivity contribution in [2.75, 3.05) is 0 Å². The second-order valence-corrected chi connectivity index (χ2v) is 12.3. The highest BCUT2D eigenvalue weighted by molar-refractivity contribution is 6.08. The Kier molecular flexibility index (Phi) is 5.76. The van der Waals surface area contributed by atoms with E-state index in [4.69, 9.17) is 21.0 Å². The summed E-state index contributed by atoms with van der Waals surface area (Å²) in [5, 5.41) is 2.14. The molecule has 7 rings (SSSR count). The van der Waals surface area contributed by atoms with Crippen LogP contribution in [-0.4, -0.2) is 20.9 Å². The molecule has 1 fully saturated rings. The summed E-state index contributed by atoms with van der Waals surface area (Å²) >= 11 is 0. The summed E-state index contributed by atoms with van der Waals surface area (Å²) in [4.78, 5) is 12.1. The summed E-state index contributed by atoms with van der Waals surface area (Å²) in [7, 11) is 0. The van der Waals surface area contributed by atoms with Crippen LogP contribution in [0, 0.1) is 24.7 Å². The Balaban J connectivity index is 1.49. The molecule has 0 bridgehead atoms. The zero-order chi connectivity index (χ0) is 28.6. The van der Waals surface area contributed by atoms with Crippen LogP contribution in [0.5, 0.6) is 0 Å². The van der Waals surface area contributed by atoms with Crippen molar-refractivity contribution in [2.24, 2.45) is 17.8 Å². The predicted molar refractivity (Wildman–Crippen MR) is 168 cm³/mol. The van der Waals surface area contributed by atoms with Crippen LogP contribution < -0.4 is 0 Å². The van der Waals surface area contributed by atoms with Crippen LogP contribution in [0.4, 0.5) is 0 Å². The molecule has 0 saturated heterocycles. The van der Waals surface area contributed by atoms with E-state index in [0.29, 0.717) is 23.5 Å². The molecular weight excluding hydrogens is 502 g/mol. The van der Waals surface area contributed by atoms with Gasteiger partial charge in [0.25, 0.3) is 0 Å². The third kappa shape index (κ3) is 3.46. The monoisotopic (exact) mass is 539 g/mol. The van der Waals surface area contributed by atoms with Crippen molar-refractivity contribution in [3.8, 4) is 11.3 Å². The van der Waals surface area contributed by atoms with Crippen molar-refractivity contribution in [2.45, 2.75) is 52.1 Å². The largest absolute Gasteiger partial charge is 0.437 e. The van der Waals surface area contributed by atoms with E-state index in [1.54, 1.807) is 0 Å². The minimum absolute atomic E-state index is 0.115. The summed E-state index contributed by atoms with van der Waals surface area (Å²) < 4.78 is 6.57. The summed E-state index contributed by atoms with van der Waals surface area (Å²) in [6.07, 6.45) is 4.01. The predicted octanol–water partition coefficient (Wildman–Crippen LogP) is 9.11. The number of nitrogens with zero attached hydrogens (tertiary/aromatic N) is 3. The zero-order valence-corrected chi connectivity index (χ0v) is 24.6. The second kappa shape index (κ2) is 9.17. The van der Waals surface area contributed by atoms with Crippen LogP contribution in [-0.2, 0) is 5.54 Å². The van der Waals surface area contributed by atoms with Crippen molar-refractivity contribution >= 4 is 27.8 Å². The molecule has 5 aromatic rings. The lowest BCUT2D eigenvalue weighted by Crippen LogP contribution is -2.43. The van der Waals surface area contributed by atoms with Crippen LogP contribution in [0.2, 0.25) is 0 Å². The maximum Gasteiger partial charge on any atom is 0.227 e. The summed E-state index contributed by atoms with van der Waals surface area (Å²) in [6.45, 7) is 20.5. The van der Waals surface area contributed by atoms with Gasteiger partial charge in [-0.15, -0.1) is 6.58 Å². The highest BCUT2D eigenvalue weighted by atomic mass is 16.3. The Bertz CT molecular complexity index is 1830. The first-order valence-corrected chi connectivity index (χ1v) is 14.8. The topological polar surface area (TPSA) is 42.2 Å². The molecule has 206 valence electrons. The molecule has 0 amide bonds. The number of benzene rings is 2. The van der Waals surface area contributed by atoms with Gasteiger partial charge < -0.3 is 9.32 Å². The Hall–Kier alpha value is -4.18. The molecule has 2 aromatic carbocycles. The molecule has 1 aliphatic carbocycles.